The van der Waals surface area contributed by atoms with Gasteiger partial charge in [0.05, 0.1) is 13.2 Å². The third kappa shape index (κ3) is 2.80. The van der Waals surface area contributed by atoms with Gasteiger partial charge in [0.2, 0.25) is 0 Å². The average Bonchev–Trinajstić information content (AvgIpc) is 2.69. The van der Waals surface area contributed by atoms with E-state index in [9.17, 15) is 15.2 Å². The Hall–Kier alpha value is -3.36. The number of rotatable bonds is 3. The molecule has 134 valence electrons. The number of nitriles is 1. The Labute approximate surface area is 155 Å². The number of para-hydroxylation sites is 1. The molecule has 0 radical (unpaired) electrons. The van der Waals surface area contributed by atoms with Crippen molar-refractivity contribution < 1.29 is 14.3 Å². The summed E-state index contributed by atoms with van der Waals surface area (Å²) >= 11 is 0. The number of ether oxygens (including phenoxy) is 1. The van der Waals surface area contributed by atoms with Crippen molar-refractivity contribution in [2.24, 2.45) is 5.92 Å². The zero-order chi connectivity index (χ0) is 19.0. The fourth-order valence-electron chi connectivity index (χ4n) is 3.69. The minimum atomic E-state index is -0.766. The van der Waals surface area contributed by atoms with Gasteiger partial charge in [0, 0.05) is 16.9 Å². The van der Waals surface area contributed by atoms with Crippen LogP contribution in [-0.2, 0) is 6.42 Å². The minimum Gasteiger partial charge on any atom is -0.496 e. The quantitative estimate of drug-likeness (QED) is 0.723. The third-order valence-corrected chi connectivity index (χ3v) is 5.03. The van der Waals surface area contributed by atoms with Gasteiger partial charge in [-0.25, -0.2) is 4.79 Å². The molecule has 1 aromatic heterocycles. The number of benzene rings is 2. The summed E-state index contributed by atoms with van der Waals surface area (Å²) < 4.78 is 10.6. The van der Waals surface area contributed by atoms with E-state index < -0.39 is 11.7 Å². The van der Waals surface area contributed by atoms with Crippen molar-refractivity contribution in [2.45, 2.75) is 12.5 Å². The van der Waals surface area contributed by atoms with Gasteiger partial charge in [0.25, 0.3) is 0 Å². The molecule has 5 heteroatoms. The second-order valence-electron chi connectivity index (χ2n) is 6.49. The van der Waals surface area contributed by atoms with E-state index in [-0.39, 0.29) is 11.5 Å². The Bertz CT molecular complexity index is 1150. The van der Waals surface area contributed by atoms with Crippen molar-refractivity contribution in [1.29, 1.82) is 5.26 Å². The molecule has 0 unspecified atom stereocenters. The van der Waals surface area contributed by atoms with E-state index >= 15 is 0 Å². The molecule has 0 fully saturated rings. The van der Waals surface area contributed by atoms with Crippen molar-refractivity contribution in [3.8, 4) is 11.8 Å². The Morgan fingerprint density at radius 1 is 1.22 bits per heavy atom. The van der Waals surface area contributed by atoms with Gasteiger partial charge in [-0.1, -0.05) is 42.5 Å². The number of nitrogens with zero attached hydrogens (tertiary/aromatic N) is 1. The lowest BCUT2D eigenvalue weighted by Crippen LogP contribution is -2.20. The normalized spacial score (nSPS) is 18.1. The lowest BCUT2D eigenvalue weighted by atomic mass is 9.82. The Kier molecular flexibility index (Phi) is 4.27. The smallest absolute Gasteiger partial charge is 0.354 e. The van der Waals surface area contributed by atoms with Crippen LogP contribution >= 0.6 is 0 Å². The summed E-state index contributed by atoms with van der Waals surface area (Å²) in [5.74, 6) is 0.423. The maximum absolute atomic E-state index is 12.2. The lowest BCUT2D eigenvalue weighted by Gasteiger charge is -2.27. The van der Waals surface area contributed by atoms with Crippen LogP contribution in [-0.4, -0.2) is 12.2 Å². The van der Waals surface area contributed by atoms with Gasteiger partial charge in [-0.2, -0.15) is 5.26 Å². The van der Waals surface area contributed by atoms with Crippen LogP contribution in [0.3, 0.4) is 0 Å². The van der Waals surface area contributed by atoms with Crippen molar-refractivity contribution in [2.75, 3.05) is 7.11 Å². The zero-order valence-electron chi connectivity index (χ0n) is 14.7. The molecule has 3 aromatic rings. The monoisotopic (exact) mass is 359 g/mol. The highest BCUT2D eigenvalue weighted by atomic mass is 16.5. The van der Waals surface area contributed by atoms with Crippen LogP contribution in [0.2, 0.25) is 0 Å². The predicted molar refractivity (Wildman–Crippen MR) is 101 cm³/mol. The number of aliphatic hydroxyl groups is 1. The number of methoxy groups -OCH3 is 1. The van der Waals surface area contributed by atoms with E-state index in [2.05, 4.69) is 0 Å². The molecule has 4 rings (SSSR count). The number of hydrogen-bond donors (Lipinski definition) is 1. The molecule has 1 heterocycles. The SMILES string of the molecule is COc1cccc2c1C=C[C@@H](Cc1c(C#N)c(=O)oc3ccccc13)[C@@H]2O. The van der Waals surface area contributed by atoms with Crippen LogP contribution in [0.5, 0.6) is 5.75 Å². The first kappa shape index (κ1) is 17.1. The minimum absolute atomic E-state index is 0.00857. The van der Waals surface area contributed by atoms with Crippen LogP contribution in [0.4, 0.5) is 0 Å². The van der Waals surface area contributed by atoms with Crippen LogP contribution in [0.1, 0.15) is 28.4 Å². The second-order valence-corrected chi connectivity index (χ2v) is 6.49. The molecule has 1 aliphatic rings. The summed E-state index contributed by atoms with van der Waals surface area (Å²) in [4.78, 5) is 12.2. The van der Waals surface area contributed by atoms with E-state index in [4.69, 9.17) is 9.15 Å². The molecule has 2 aromatic carbocycles. The molecule has 5 nitrogen and oxygen atoms in total. The second kappa shape index (κ2) is 6.75. The molecular weight excluding hydrogens is 342 g/mol. The third-order valence-electron chi connectivity index (χ3n) is 5.03. The van der Waals surface area contributed by atoms with E-state index in [1.165, 1.54) is 0 Å². The summed E-state index contributed by atoms with van der Waals surface area (Å²) in [6, 6.07) is 14.7. The van der Waals surface area contributed by atoms with Crippen molar-refractivity contribution in [1.82, 2.24) is 0 Å². The van der Waals surface area contributed by atoms with Gasteiger partial charge in [0.15, 0.2) is 0 Å². The van der Waals surface area contributed by atoms with Gasteiger partial charge in [-0.15, -0.1) is 0 Å². The van der Waals surface area contributed by atoms with Crippen LogP contribution < -0.4 is 10.4 Å². The number of aliphatic hydroxyl groups excluding tert-OH is 1. The van der Waals surface area contributed by atoms with Crippen LogP contribution in [0, 0.1) is 17.2 Å². The van der Waals surface area contributed by atoms with Crippen LogP contribution in [0.25, 0.3) is 17.0 Å². The summed E-state index contributed by atoms with van der Waals surface area (Å²) in [7, 11) is 1.59. The van der Waals surface area contributed by atoms with Gasteiger partial charge in [-0.05, 0) is 29.7 Å². The fraction of sp³-hybridized carbons (Fsp3) is 0.182. The molecule has 0 spiro atoms. The standard InChI is InChI=1S/C22H17NO4/c1-26-19-8-4-6-16-15(19)10-9-13(21(16)24)11-17-14-5-2-3-7-20(14)27-22(25)18(17)12-23/h2-10,13,21,24H,11H2,1H3/t13-,21-/m0/s1. The van der Waals surface area contributed by atoms with Crippen molar-refractivity contribution >= 4 is 17.0 Å². The first-order valence-corrected chi connectivity index (χ1v) is 8.62. The molecule has 0 bridgehead atoms. The highest BCUT2D eigenvalue weighted by Gasteiger charge is 2.28. The van der Waals surface area contributed by atoms with E-state index in [1.807, 2.05) is 48.6 Å². The molecule has 27 heavy (non-hydrogen) atoms. The summed E-state index contributed by atoms with van der Waals surface area (Å²) in [5, 5.41) is 21.1. The molecule has 0 amide bonds. The Morgan fingerprint density at radius 3 is 2.81 bits per heavy atom. The van der Waals surface area contributed by atoms with Gasteiger partial charge >= 0.3 is 5.63 Å². The topological polar surface area (TPSA) is 83.5 Å². The molecule has 0 aliphatic heterocycles. The first-order valence-electron chi connectivity index (χ1n) is 8.62. The average molecular weight is 359 g/mol. The largest absolute Gasteiger partial charge is 0.496 e. The van der Waals surface area contributed by atoms with Gasteiger partial charge < -0.3 is 14.3 Å². The summed E-state index contributed by atoms with van der Waals surface area (Å²) in [6.07, 6.45) is 3.41. The molecule has 0 saturated heterocycles. The Balaban J connectivity index is 1.80. The first-order chi connectivity index (χ1) is 13.1. The summed E-state index contributed by atoms with van der Waals surface area (Å²) in [6.45, 7) is 0. The summed E-state index contributed by atoms with van der Waals surface area (Å²) in [5.41, 5.74) is 2.00. The predicted octanol–water partition coefficient (Wildman–Crippen LogP) is 3.59. The maximum Gasteiger partial charge on any atom is 0.354 e. The highest BCUT2D eigenvalue weighted by Crippen LogP contribution is 2.39. The van der Waals surface area contributed by atoms with E-state index in [1.54, 1.807) is 19.2 Å². The number of fused-ring (bicyclic) bond motifs is 2. The molecular formula is C22H17NO4. The molecule has 1 aliphatic carbocycles. The zero-order valence-corrected chi connectivity index (χ0v) is 14.7. The lowest BCUT2D eigenvalue weighted by molar-refractivity contribution is 0.129. The van der Waals surface area contributed by atoms with Gasteiger partial charge in [-0.3, -0.25) is 0 Å². The molecule has 1 N–H and O–H groups in total. The van der Waals surface area contributed by atoms with Crippen molar-refractivity contribution in [3.63, 3.8) is 0 Å². The highest BCUT2D eigenvalue weighted by molar-refractivity contribution is 5.82. The molecule has 0 saturated carbocycles. The van der Waals surface area contributed by atoms with Crippen LogP contribution in [0.15, 0.2) is 57.8 Å². The van der Waals surface area contributed by atoms with Gasteiger partial charge in [0.1, 0.15) is 23.0 Å². The molecule has 2 atom stereocenters. The maximum atomic E-state index is 12.2. The van der Waals surface area contributed by atoms with E-state index in [0.29, 0.717) is 28.7 Å². The fourth-order valence-corrected chi connectivity index (χ4v) is 3.69. The van der Waals surface area contributed by atoms with E-state index in [0.717, 1.165) is 11.1 Å². The van der Waals surface area contributed by atoms with Crippen molar-refractivity contribution in [3.05, 3.63) is 81.2 Å². The number of hydrogen-bond acceptors (Lipinski definition) is 5. The Morgan fingerprint density at radius 2 is 2.04 bits per heavy atom.